The highest BCUT2D eigenvalue weighted by Crippen LogP contribution is 2.54. The van der Waals surface area contributed by atoms with Gasteiger partial charge in [0.05, 0.1) is 0 Å². The third kappa shape index (κ3) is 5.31. The molecule has 0 aromatic heterocycles. The fourth-order valence-corrected chi connectivity index (χ4v) is 6.72. The van der Waals surface area contributed by atoms with Gasteiger partial charge in [-0.05, 0) is 134 Å². The number of anilines is 3. The molecule has 0 amide bonds. The second-order valence-corrected chi connectivity index (χ2v) is 12.3. The quantitative estimate of drug-likeness (QED) is 0.148. The highest BCUT2D eigenvalue weighted by molar-refractivity contribution is 5.86. The molecular formula is C40H45NO2. The summed E-state index contributed by atoms with van der Waals surface area (Å²) in [5.41, 5.74) is 15.1. The summed E-state index contributed by atoms with van der Waals surface area (Å²) in [6.07, 6.45) is 2.98. The minimum Gasteiger partial charge on any atom is -0.459 e. The number of nitrogens with zero attached hydrogens (tertiary/aromatic N) is 1. The largest absolute Gasteiger partial charge is 0.459 e. The van der Waals surface area contributed by atoms with Crippen LogP contribution in [0.5, 0.6) is 0 Å². The molecule has 0 radical (unpaired) electrons. The van der Waals surface area contributed by atoms with Crippen LogP contribution in [-0.4, -0.2) is 12.1 Å². The summed E-state index contributed by atoms with van der Waals surface area (Å²) in [5, 5.41) is 0. The molecule has 3 nitrogen and oxygen atoms in total. The zero-order valence-corrected chi connectivity index (χ0v) is 27.0. The van der Waals surface area contributed by atoms with Gasteiger partial charge in [0.25, 0.3) is 0 Å². The van der Waals surface area contributed by atoms with Crippen molar-refractivity contribution in [1.29, 1.82) is 0 Å². The molecule has 5 rings (SSSR count). The summed E-state index contributed by atoms with van der Waals surface area (Å²) in [6.45, 7) is 21.0. The highest BCUT2D eigenvalue weighted by Gasteiger charge is 2.41. The Morgan fingerprint density at radius 1 is 0.744 bits per heavy atom. The molecule has 0 fully saturated rings. The van der Waals surface area contributed by atoms with Crippen molar-refractivity contribution in [3.8, 4) is 11.1 Å². The van der Waals surface area contributed by atoms with Crippen LogP contribution in [0.15, 0.2) is 85.5 Å². The van der Waals surface area contributed by atoms with Crippen LogP contribution < -0.4 is 4.90 Å². The maximum Gasteiger partial charge on any atom is 0.330 e. The van der Waals surface area contributed by atoms with Gasteiger partial charge in [0.15, 0.2) is 0 Å². The van der Waals surface area contributed by atoms with Crippen molar-refractivity contribution in [2.75, 3.05) is 4.90 Å². The fraction of sp³-hybridized carbons (Fsp3) is 0.325. The summed E-state index contributed by atoms with van der Waals surface area (Å²) < 4.78 is 5.60. The molecule has 0 N–H and O–H groups in total. The molecule has 43 heavy (non-hydrogen) atoms. The molecule has 4 aromatic rings. The molecular weight excluding hydrogens is 526 g/mol. The second-order valence-electron chi connectivity index (χ2n) is 12.3. The molecule has 1 aliphatic carbocycles. The van der Waals surface area contributed by atoms with Gasteiger partial charge < -0.3 is 9.64 Å². The Morgan fingerprint density at radius 3 is 1.74 bits per heavy atom. The number of aryl methyl sites for hydroxylation is 4. The molecule has 2 unspecified atom stereocenters. The zero-order chi connectivity index (χ0) is 31.1. The number of benzene rings is 4. The predicted molar refractivity (Wildman–Crippen MR) is 181 cm³/mol. The number of fused-ring (bicyclic) bond motifs is 3. The Bertz CT molecular complexity index is 1640. The molecule has 3 heteroatoms. The summed E-state index contributed by atoms with van der Waals surface area (Å²) in [5.74, 6) is -0.320. The smallest absolute Gasteiger partial charge is 0.330 e. The normalized spacial score (nSPS) is 14.4. The molecule has 0 aliphatic heterocycles. The monoisotopic (exact) mass is 571 g/mol. The second kappa shape index (κ2) is 11.9. The van der Waals surface area contributed by atoms with Gasteiger partial charge in [0, 0.05) is 34.5 Å². The van der Waals surface area contributed by atoms with Crippen LogP contribution >= 0.6 is 0 Å². The molecule has 0 heterocycles. The van der Waals surface area contributed by atoms with E-state index >= 15 is 0 Å². The average molecular weight is 572 g/mol. The Labute approximate surface area is 258 Å². The van der Waals surface area contributed by atoms with Gasteiger partial charge in [0.1, 0.15) is 6.10 Å². The van der Waals surface area contributed by atoms with Gasteiger partial charge in [-0.15, -0.1) is 0 Å². The Hall–Kier alpha value is -4.11. The maximum atomic E-state index is 11.9. The minimum atomic E-state index is -0.381. The Morgan fingerprint density at radius 2 is 1.23 bits per heavy atom. The molecule has 0 saturated carbocycles. The lowest BCUT2D eigenvalue weighted by molar-refractivity contribution is -0.143. The average Bonchev–Trinajstić information content (AvgIpc) is 3.28. The van der Waals surface area contributed by atoms with Crippen molar-refractivity contribution in [3.05, 3.63) is 124 Å². The number of rotatable bonds is 9. The topological polar surface area (TPSA) is 29.5 Å². The molecule has 0 spiro atoms. The minimum absolute atomic E-state index is 0.0601. The molecule has 1 aliphatic rings. The zero-order valence-electron chi connectivity index (χ0n) is 27.0. The summed E-state index contributed by atoms with van der Waals surface area (Å²) >= 11 is 0. The van der Waals surface area contributed by atoms with E-state index in [1.54, 1.807) is 0 Å². The van der Waals surface area contributed by atoms with Gasteiger partial charge in [-0.2, -0.15) is 0 Å². The molecule has 0 bridgehead atoms. The lowest BCUT2D eigenvalue weighted by Gasteiger charge is -2.32. The molecule has 4 aromatic carbocycles. The molecule has 222 valence electrons. The number of carbonyl (C=O) groups is 1. The molecule has 0 saturated heterocycles. The van der Waals surface area contributed by atoms with Crippen molar-refractivity contribution >= 4 is 23.0 Å². The van der Waals surface area contributed by atoms with Crippen molar-refractivity contribution in [2.24, 2.45) is 0 Å². The van der Waals surface area contributed by atoms with Gasteiger partial charge in [-0.1, -0.05) is 63.7 Å². The molecule has 2 atom stereocenters. The number of carbonyl (C=O) groups excluding carboxylic acids is 1. The number of hydrogen-bond donors (Lipinski definition) is 0. The third-order valence-corrected chi connectivity index (χ3v) is 10.0. The predicted octanol–water partition coefficient (Wildman–Crippen LogP) is 10.7. The van der Waals surface area contributed by atoms with E-state index in [1.165, 1.54) is 73.2 Å². The van der Waals surface area contributed by atoms with Crippen LogP contribution in [0, 0.1) is 27.7 Å². The summed E-state index contributed by atoms with van der Waals surface area (Å²) in [7, 11) is 0. The first-order chi connectivity index (χ1) is 20.5. The SMILES string of the molecule is C=CC(=O)OC(C)C(C)c1ccc2c(c1)C(CC)(CC)c1cc(N(c3ccc(C)c(C)c3)c3ccc(C)c(C)c3)ccc1-2. The van der Waals surface area contributed by atoms with Crippen molar-refractivity contribution in [1.82, 2.24) is 0 Å². The van der Waals surface area contributed by atoms with Crippen LogP contribution in [0.2, 0.25) is 0 Å². The lowest BCUT2D eigenvalue weighted by atomic mass is 9.73. The Balaban J connectivity index is 1.64. The third-order valence-electron chi connectivity index (χ3n) is 10.0. The van der Waals surface area contributed by atoms with Gasteiger partial charge in [-0.3, -0.25) is 0 Å². The van der Waals surface area contributed by atoms with Crippen molar-refractivity contribution in [3.63, 3.8) is 0 Å². The van der Waals surface area contributed by atoms with Crippen LogP contribution in [0.3, 0.4) is 0 Å². The van der Waals surface area contributed by atoms with Gasteiger partial charge in [-0.25, -0.2) is 4.79 Å². The first-order valence-electron chi connectivity index (χ1n) is 15.6. The maximum absolute atomic E-state index is 11.9. The van der Waals surface area contributed by atoms with E-state index in [4.69, 9.17) is 4.74 Å². The van der Waals surface area contributed by atoms with Crippen LogP contribution in [0.25, 0.3) is 11.1 Å². The first kappa shape index (κ1) is 30.4. The summed E-state index contributed by atoms with van der Waals surface area (Å²) in [4.78, 5) is 14.3. The van der Waals surface area contributed by atoms with Crippen LogP contribution in [-0.2, 0) is 14.9 Å². The van der Waals surface area contributed by atoms with E-state index in [9.17, 15) is 4.79 Å². The van der Waals surface area contributed by atoms with E-state index in [0.29, 0.717) is 0 Å². The fourth-order valence-electron chi connectivity index (χ4n) is 6.72. The van der Waals surface area contributed by atoms with Gasteiger partial charge in [0.2, 0.25) is 0 Å². The van der Waals surface area contributed by atoms with Crippen molar-refractivity contribution in [2.45, 2.75) is 85.7 Å². The number of ether oxygens (including phenoxy) is 1. The number of hydrogen-bond acceptors (Lipinski definition) is 3. The van der Waals surface area contributed by atoms with E-state index < -0.39 is 0 Å². The number of esters is 1. The van der Waals surface area contributed by atoms with E-state index in [-0.39, 0.29) is 23.4 Å². The van der Waals surface area contributed by atoms with Crippen molar-refractivity contribution < 1.29 is 9.53 Å². The standard InChI is InChI=1S/C40H45NO2/c1-10-39(42)43-30(9)29(8)31-15-19-35-36-20-18-34(24-38(36)40(11-2,12-3)37(35)23-31)41(32-16-13-25(4)27(6)21-32)33-17-14-26(5)28(7)22-33/h10,13-24,29-30H,1,11-12H2,2-9H3. The first-order valence-corrected chi connectivity index (χ1v) is 15.6. The Kier molecular flexibility index (Phi) is 8.38. The summed E-state index contributed by atoms with van der Waals surface area (Å²) in [6, 6.07) is 27.4. The lowest BCUT2D eigenvalue weighted by Crippen LogP contribution is -2.24. The van der Waals surface area contributed by atoms with E-state index in [2.05, 4.69) is 133 Å². The van der Waals surface area contributed by atoms with E-state index in [0.717, 1.165) is 12.8 Å². The van der Waals surface area contributed by atoms with Crippen LogP contribution in [0.1, 0.15) is 85.4 Å². The van der Waals surface area contributed by atoms with Gasteiger partial charge >= 0.3 is 5.97 Å². The van der Waals surface area contributed by atoms with E-state index in [1.807, 2.05) is 6.92 Å². The van der Waals surface area contributed by atoms with Crippen LogP contribution in [0.4, 0.5) is 17.1 Å². The highest BCUT2D eigenvalue weighted by atomic mass is 16.5.